The molecule has 0 radical (unpaired) electrons. The number of para-hydroxylation sites is 1. The Morgan fingerprint density at radius 3 is 2.86 bits per heavy atom. The summed E-state index contributed by atoms with van der Waals surface area (Å²) in [5.41, 5.74) is 2.46. The van der Waals surface area contributed by atoms with Crippen molar-refractivity contribution in [1.82, 2.24) is 29.8 Å². The van der Waals surface area contributed by atoms with Crippen LogP contribution < -0.4 is 5.32 Å². The summed E-state index contributed by atoms with van der Waals surface area (Å²) in [6, 6.07) is 9.74. The van der Waals surface area contributed by atoms with Gasteiger partial charge >= 0.3 is 5.97 Å². The number of thioether (sulfide) groups is 1. The molecule has 13 heteroatoms. The summed E-state index contributed by atoms with van der Waals surface area (Å²) in [7, 11) is 0. The second kappa shape index (κ2) is 11.8. The third-order valence-electron chi connectivity index (χ3n) is 5.35. The summed E-state index contributed by atoms with van der Waals surface area (Å²) in [6.07, 6.45) is 1.93. The molecule has 1 amide bonds. The number of nitrogens with one attached hydrogen (secondary N) is 1. The van der Waals surface area contributed by atoms with Crippen LogP contribution in [0.1, 0.15) is 40.0 Å². The van der Waals surface area contributed by atoms with E-state index in [2.05, 4.69) is 38.5 Å². The van der Waals surface area contributed by atoms with E-state index in [1.807, 2.05) is 28.8 Å². The predicted octanol–water partition coefficient (Wildman–Crippen LogP) is 3.80. The van der Waals surface area contributed by atoms with Crippen molar-refractivity contribution < 1.29 is 14.3 Å². The fourth-order valence-corrected chi connectivity index (χ4v) is 5.55. The molecule has 0 unspecified atom stereocenters. The predicted molar refractivity (Wildman–Crippen MR) is 141 cm³/mol. The standard InChI is InChI=1S/C24H24N8O3S2/c1-4-11-31-19(14-32-18-9-7-6-8-17(18)27-30-32)28-29-24(31)36-12-10-20(33)26-22-16(13-25)15(3)21(37-22)23(34)35-5-2/h4,6-9H,1,5,10-12,14H2,2-3H3,(H,26,33). The van der Waals surface area contributed by atoms with E-state index in [0.29, 0.717) is 45.3 Å². The molecular formula is C24H24N8O3S2. The Hall–Kier alpha value is -4.02. The molecule has 0 saturated carbocycles. The van der Waals surface area contributed by atoms with Crippen LogP contribution in [-0.2, 0) is 22.6 Å². The molecule has 0 aliphatic carbocycles. The lowest BCUT2D eigenvalue weighted by Gasteiger charge is -2.08. The minimum atomic E-state index is -0.506. The molecule has 4 aromatic rings. The third kappa shape index (κ3) is 5.71. The number of allylic oxidation sites excluding steroid dienone is 1. The number of thiophene rings is 1. The Bertz CT molecular complexity index is 1500. The SMILES string of the molecule is C=CCn1c(Cn2nnc3ccccc32)nnc1SCCC(=O)Nc1sc(C(=O)OCC)c(C)c1C#N. The average Bonchev–Trinajstić information content (AvgIpc) is 3.56. The molecule has 0 bridgehead atoms. The van der Waals surface area contributed by atoms with Gasteiger partial charge in [-0.3, -0.25) is 4.79 Å². The van der Waals surface area contributed by atoms with Gasteiger partial charge in [-0.05, 0) is 31.5 Å². The van der Waals surface area contributed by atoms with Gasteiger partial charge in [0.05, 0.1) is 17.7 Å². The molecule has 0 fully saturated rings. The van der Waals surface area contributed by atoms with Crippen LogP contribution in [0, 0.1) is 18.3 Å². The second-order valence-electron chi connectivity index (χ2n) is 7.77. The number of esters is 1. The maximum absolute atomic E-state index is 12.6. The lowest BCUT2D eigenvalue weighted by molar-refractivity contribution is -0.115. The lowest BCUT2D eigenvalue weighted by atomic mass is 10.2. The number of fused-ring (bicyclic) bond motifs is 1. The van der Waals surface area contributed by atoms with Gasteiger partial charge < -0.3 is 14.6 Å². The van der Waals surface area contributed by atoms with E-state index >= 15 is 0 Å². The fraction of sp³-hybridized carbons (Fsp3) is 0.292. The zero-order valence-electron chi connectivity index (χ0n) is 20.3. The quantitative estimate of drug-likeness (QED) is 0.172. The fourth-order valence-electron chi connectivity index (χ4n) is 3.57. The first-order chi connectivity index (χ1) is 18.0. The van der Waals surface area contributed by atoms with Crippen molar-refractivity contribution in [2.24, 2.45) is 0 Å². The molecule has 3 aromatic heterocycles. The van der Waals surface area contributed by atoms with E-state index in [-0.39, 0.29) is 24.5 Å². The number of anilines is 1. The van der Waals surface area contributed by atoms with E-state index in [1.54, 1.807) is 24.6 Å². The lowest BCUT2D eigenvalue weighted by Crippen LogP contribution is -2.13. The first-order valence-electron chi connectivity index (χ1n) is 11.4. The van der Waals surface area contributed by atoms with Gasteiger partial charge in [-0.2, -0.15) is 5.26 Å². The van der Waals surface area contributed by atoms with Crippen molar-refractivity contribution in [1.29, 1.82) is 5.26 Å². The highest BCUT2D eigenvalue weighted by molar-refractivity contribution is 7.99. The summed E-state index contributed by atoms with van der Waals surface area (Å²) in [5, 5.41) is 30.3. The monoisotopic (exact) mass is 536 g/mol. The Labute approximate surface area is 221 Å². The molecule has 3 heterocycles. The van der Waals surface area contributed by atoms with Gasteiger partial charge in [-0.1, -0.05) is 35.2 Å². The average molecular weight is 537 g/mol. The number of carbonyl (C=O) groups excluding carboxylic acids is 2. The zero-order valence-corrected chi connectivity index (χ0v) is 21.9. The van der Waals surface area contributed by atoms with E-state index in [1.165, 1.54) is 11.8 Å². The van der Waals surface area contributed by atoms with Crippen molar-refractivity contribution in [2.75, 3.05) is 17.7 Å². The van der Waals surface area contributed by atoms with Crippen LogP contribution in [0.3, 0.4) is 0 Å². The molecule has 4 rings (SSSR count). The van der Waals surface area contributed by atoms with Gasteiger partial charge in [0.1, 0.15) is 28.0 Å². The smallest absolute Gasteiger partial charge is 0.348 e. The molecule has 0 spiro atoms. The van der Waals surface area contributed by atoms with Gasteiger partial charge in [0.2, 0.25) is 5.91 Å². The molecule has 37 heavy (non-hydrogen) atoms. The topological polar surface area (TPSA) is 141 Å². The molecule has 0 aliphatic rings. The van der Waals surface area contributed by atoms with E-state index < -0.39 is 5.97 Å². The number of nitriles is 1. The third-order valence-corrected chi connectivity index (χ3v) is 7.50. The highest BCUT2D eigenvalue weighted by Crippen LogP contribution is 2.33. The normalized spacial score (nSPS) is 10.8. The van der Waals surface area contributed by atoms with Crippen molar-refractivity contribution in [3.63, 3.8) is 0 Å². The molecule has 11 nitrogen and oxygen atoms in total. The van der Waals surface area contributed by atoms with E-state index in [9.17, 15) is 14.9 Å². The number of aromatic nitrogens is 6. The Morgan fingerprint density at radius 1 is 1.30 bits per heavy atom. The first-order valence-corrected chi connectivity index (χ1v) is 13.2. The molecule has 0 aliphatic heterocycles. The second-order valence-corrected chi connectivity index (χ2v) is 9.86. The van der Waals surface area contributed by atoms with Crippen molar-refractivity contribution in [2.45, 2.75) is 38.5 Å². The van der Waals surface area contributed by atoms with Crippen molar-refractivity contribution in [3.8, 4) is 6.07 Å². The number of hydrogen-bond acceptors (Lipinski definition) is 10. The van der Waals surface area contributed by atoms with Crippen LogP contribution in [0.25, 0.3) is 11.0 Å². The van der Waals surface area contributed by atoms with Crippen LogP contribution in [0.4, 0.5) is 5.00 Å². The van der Waals surface area contributed by atoms with Crippen molar-refractivity contribution >= 4 is 51.0 Å². The number of ether oxygens (including phenoxy) is 1. The molecule has 1 aromatic carbocycles. The number of amides is 1. The summed E-state index contributed by atoms with van der Waals surface area (Å²) in [4.78, 5) is 25.1. The van der Waals surface area contributed by atoms with Crippen LogP contribution >= 0.6 is 23.1 Å². The summed E-state index contributed by atoms with van der Waals surface area (Å²) >= 11 is 2.44. The van der Waals surface area contributed by atoms with Crippen LogP contribution in [0.2, 0.25) is 0 Å². The Kier molecular flexibility index (Phi) is 8.32. The summed E-state index contributed by atoms with van der Waals surface area (Å²) < 4.78 is 8.73. The number of rotatable bonds is 11. The van der Waals surface area contributed by atoms with Gasteiger partial charge in [0.15, 0.2) is 11.0 Å². The largest absolute Gasteiger partial charge is 0.462 e. The van der Waals surface area contributed by atoms with E-state index in [0.717, 1.165) is 22.4 Å². The number of carbonyl (C=O) groups is 2. The summed E-state index contributed by atoms with van der Waals surface area (Å²) in [6.45, 7) is 8.32. The van der Waals surface area contributed by atoms with Crippen LogP contribution in [0.5, 0.6) is 0 Å². The minimum Gasteiger partial charge on any atom is -0.462 e. The molecule has 190 valence electrons. The molecule has 0 saturated heterocycles. The van der Waals surface area contributed by atoms with Crippen LogP contribution in [0.15, 0.2) is 42.1 Å². The van der Waals surface area contributed by atoms with Crippen LogP contribution in [-0.4, -0.2) is 54.0 Å². The van der Waals surface area contributed by atoms with Crippen molar-refractivity contribution in [3.05, 3.63) is 58.7 Å². The number of nitrogens with zero attached hydrogens (tertiary/aromatic N) is 7. The summed E-state index contributed by atoms with van der Waals surface area (Å²) in [5.74, 6) is 0.352. The van der Waals surface area contributed by atoms with Gasteiger partial charge in [-0.25, -0.2) is 9.48 Å². The molecular weight excluding hydrogens is 512 g/mol. The first kappa shape index (κ1) is 26.1. The van der Waals surface area contributed by atoms with Gasteiger partial charge in [0.25, 0.3) is 0 Å². The maximum atomic E-state index is 12.6. The molecule has 1 N–H and O–H groups in total. The minimum absolute atomic E-state index is 0.172. The number of hydrogen-bond donors (Lipinski definition) is 1. The van der Waals surface area contributed by atoms with Gasteiger partial charge in [-0.15, -0.1) is 33.2 Å². The Balaban J connectivity index is 1.40. The van der Waals surface area contributed by atoms with E-state index in [4.69, 9.17) is 4.74 Å². The number of benzene rings is 1. The zero-order chi connectivity index (χ0) is 26.4. The highest BCUT2D eigenvalue weighted by atomic mass is 32.2. The Morgan fingerprint density at radius 2 is 2.11 bits per heavy atom. The molecule has 0 atom stereocenters. The maximum Gasteiger partial charge on any atom is 0.348 e. The van der Waals surface area contributed by atoms with Gasteiger partial charge in [0, 0.05) is 18.7 Å². The highest BCUT2D eigenvalue weighted by Gasteiger charge is 2.22.